The van der Waals surface area contributed by atoms with Gasteiger partial charge < -0.3 is 4.90 Å². The number of carbonyl (C=O) groups is 1. The van der Waals surface area contributed by atoms with Crippen molar-refractivity contribution in [3.63, 3.8) is 0 Å². The maximum Gasteiger partial charge on any atom is 0.236 e. The molecule has 0 aliphatic heterocycles. The van der Waals surface area contributed by atoms with Gasteiger partial charge in [-0.3, -0.25) is 10.1 Å². The number of hydrogen-bond acceptors (Lipinski definition) is 2. The van der Waals surface area contributed by atoms with Gasteiger partial charge in [-0.25, -0.2) is 0 Å². The number of nitrogens with zero attached hydrogens (tertiary/aromatic N) is 1. The Morgan fingerprint density at radius 2 is 1.93 bits per heavy atom. The molecule has 0 atom stereocenters. The lowest BCUT2D eigenvalue weighted by Gasteiger charge is -2.21. The number of nitrogens with one attached hydrogen (secondary N) is 1. The average Bonchev–Trinajstić information content (AvgIpc) is 2.18. The van der Waals surface area contributed by atoms with E-state index >= 15 is 0 Å². The van der Waals surface area contributed by atoms with Gasteiger partial charge in [0.2, 0.25) is 5.91 Å². The predicted octanol–water partition coefficient (Wildman–Crippen LogP) is 0.858. The highest BCUT2D eigenvalue weighted by molar-refractivity contribution is 5.78. The third kappa shape index (κ3) is 5.60. The SMILES string of the molecule is C#CCNCC(=O)N(CCC)CCC. The second-order valence-electron chi connectivity index (χ2n) is 3.19. The number of rotatable bonds is 7. The molecule has 1 N–H and O–H groups in total. The molecule has 80 valence electrons. The normalized spacial score (nSPS) is 9.50. The molecule has 1 amide bonds. The number of carbonyl (C=O) groups excluding carboxylic acids is 1. The van der Waals surface area contributed by atoms with E-state index in [4.69, 9.17) is 6.42 Å². The summed E-state index contributed by atoms with van der Waals surface area (Å²) >= 11 is 0. The van der Waals surface area contributed by atoms with Gasteiger partial charge in [-0.15, -0.1) is 6.42 Å². The van der Waals surface area contributed by atoms with E-state index in [1.165, 1.54) is 0 Å². The largest absolute Gasteiger partial charge is 0.342 e. The molecule has 0 saturated heterocycles. The zero-order valence-electron chi connectivity index (χ0n) is 9.18. The summed E-state index contributed by atoms with van der Waals surface area (Å²) in [7, 11) is 0. The molecular formula is C11H20N2O. The molecule has 14 heavy (non-hydrogen) atoms. The smallest absolute Gasteiger partial charge is 0.236 e. The average molecular weight is 196 g/mol. The molecular weight excluding hydrogens is 176 g/mol. The minimum absolute atomic E-state index is 0.143. The standard InChI is InChI=1S/C11H20N2O/c1-4-7-12-10-11(14)13(8-5-2)9-6-3/h1,12H,5-10H2,2-3H3. The second-order valence-corrected chi connectivity index (χ2v) is 3.19. The first-order valence-electron chi connectivity index (χ1n) is 5.18. The topological polar surface area (TPSA) is 32.3 Å². The monoisotopic (exact) mass is 196 g/mol. The molecule has 0 saturated carbocycles. The Labute approximate surface area is 86.9 Å². The summed E-state index contributed by atoms with van der Waals surface area (Å²) in [6.45, 7) is 6.63. The van der Waals surface area contributed by atoms with E-state index in [0.717, 1.165) is 25.9 Å². The van der Waals surface area contributed by atoms with Gasteiger partial charge in [-0.2, -0.15) is 0 Å². The minimum Gasteiger partial charge on any atom is -0.342 e. The molecule has 3 nitrogen and oxygen atoms in total. The van der Waals surface area contributed by atoms with Crippen LogP contribution >= 0.6 is 0 Å². The van der Waals surface area contributed by atoms with E-state index in [9.17, 15) is 4.79 Å². The molecule has 0 aliphatic rings. The fraction of sp³-hybridized carbons (Fsp3) is 0.727. The van der Waals surface area contributed by atoms with Gasteiger partial charge in [0.15, 0.2) is 0 Å². The highest BCUT2D eigenvalue weighted by atomic mass is 16.2. The van der Waals surface area contributed by atoms with Gasteiger partial charge in [-0.1, -0.05) is 19.8 Å². The second kappa shape index (κ2) is 8.58. The summed E-state index contributed by atoms with van der Waals surface area (Å²) in [6.07, 6.45) is 7.07. The molecule has 0 fully saturated rings. The van der Waals surface area contributed by atoms with Crippen molar-refractivity contribution < 1.29 is 4.79 Å². The lowest BCUT2D eigenvalue weighted by atomic mass is 10.3. The van der Waals surface area contributed by atoms with Gasteiger partial charge in [0, 0.05) is 13.1 Å². The van der Waals surface area contributed by atoms with Crippen LogP contribution in [-0.2, 0) is 4.79 Å². The van der Waals surface area contributed by atoms with Crippen molar-refractivity contribution >= 4 is 5.91 Å². The van der Waals surface area contributed by atoms with Crippen LogP contribution in [0.1, 0.15) is 26.7 Å². The predicted molar refractivity (Wildman–Crippen MR) is 58.9 cm³/mol. The van der Waals surface area contributed by atoms with Crippen molar-refractivity contribution in [2.75, 3.05) is 26.2 Å². The van der Waals surface area contributed by atoms with E-state index in [1.807, 2.05) is 4.90 Å². The quantitative estimate of drug-likeness (QED) is 0.484. The van der Waals surface area contributed by atoms with E-state index in [2.05, 4.69) is 25.1 Å². The molecule has 0 rings (SSSR count). The summed E-state index contributed by atoms with van der Waals surface area (Å²) in [5.41, 5.74) is 0. The molecule has 0 aromatic heterocycles. The Kier molecular flexibility index (Phi) is 7.96. The maximum absolute atomic E-state index is 11.6. The van der Waals surface area contributed by atoms with Gasteiger partial charge in [0.25, 0.3) is 0 Å². The summed E-state index contributed by atoms with van der Waals surface area (Å²) in [5, 5.41) is 2.90. The molecule has 0 aromatic rings. The number of terminal acetylenes is 1. The van der Waals surface area contributed by atoms with Gasteiger partial charge in [0.1, 0.15) is 0 Å². The number of hydrogen-bond donors (Lipinski definition) is 1. The molecule has 0 aromatic carbocycles. The Morgan fingerprint density at radius 1 is 1.36 bits per heavy atom. The summed E-state index contributed by atoms with van der Waals surface area (Å²) < 4.78 is 0. The number of amides is 1. The first-order chi connectivity index (χ1) is 6.76. The molecule has 0 heterocycles. The van der Waals surface area contributed by atoms with Crippen molar-refractivity contribution in [2.45, 2.75) is 26.7 Å². The van der Waals surface area contributed by atoms with Crippen LogP contribution in [0.2, 0.25) is 0 Å². The Morgan fingerprint density at radius 3 is 2.36 bits per heavy atom. The van der Waals surface area contributed by atoms with E-state index in [-0.39, 0.29) is 5.91 Å². The Hall–Kier alpha value is -1.01. The van der Waals surface area contributed by atoms with Crippen LogP contribution in [0.5, 0.6) is 0 Å². The van der Waals surface area contributed by atoms with Crippen molar-refractivity contribution in [1.29, 1.82) is 0 Å². The van der Waals surface area contributed by atoms with Gasteiger partial charge in [0.05, 0.1) is 13.1 Å². The fourth-order valence-corrected chi connectivity index (χ4v) is 1.25. The van der Waals surface area contributed by atoms with E-state index < -0.39 is 0 Å². The van der Waals surface area contributed by atoms with Crippen LogP contribution in [0.25, 0.3) is 0 Å². The Bertz CT molecular complexity index is 190. The molecule has 0 bridgehead atoms. The summed E-state index contributed by atoms with van der Waals surface area (Å²) in [4.78, 5) is 13.5. The van der Waals surface area contributed by atoms with Crippen LogP contribution in [0.15, 0.2) is 0 Å². The highest BCUT2D eigenvalue weighted by Crippen LogP contribution is 1.94. The molecule has 0 aliphatic carbocycles. The molecule has 0 unspecified atom stereocenters. The molecule has 3 heteroatoms. The Balaban J connectivity index is 3.83. The first kappa shape index (κ1) is 13.0. The van der Waals surface area contributed by atoms with Gasteiger partial charge >= 0.3 is 0 Å². The van der Waals surface area contributed by atoms with Gasteiger partial charge in [-0.05, 0) is 12.8 Å². The van der Waals surface area contributed by atoms with Crippen LogP contribution in [0.4, 0.5) is 0 Å². The first-order valence-corrected chi connectivity index (χ1v) is 5.18. The molecule has 0 spiro atoms. The third-order valence-corrected chi connectivity index (χ3v) is 1.84. The van der Waals surface area contributed by atoms with Crippen LogP contribution in [-0.4, -0.2) is 37.0 Å². The van der Waals surface area contributed by atoms with Crippen LogP contribution < -0.4 is 5.32 Å². The van der Waals surface area contributed by atoms with Crippen LogP contribution in [0, 0.1) is 12.3 Å². The maximum atomic E-state index is 11.6. The van der Waals surface area contributed by atoms with Crippen molar-refractivity contribution in [3.8, 4) is 12.3 Å². The molecule has 0 radical (unpaired) electrons. The lowest BCUT2D eigenvalue weighted by molar-refractivity contribution is -0.130. The highest BCUT2D eigenvalue weighted by Gasteiger charge is 2.09. The lowest BCUT2D eigenvalue weighted by Crippen LogP contribution is -2.39. The summed E-state index contributed by atoms with van der Waals surface area (Å²) in [5.74, 6) is 2.59. The van der Waals surface area contributed by atoms with E-state index in [1.54, 1.807) is 0 Å². The van der Waals surface area contributed by atoms with E-state index in [0.29, 0.717) is 13.1 Å². The van der Waals surface area contributed by atoms with Crippen molar-refractivity contribution in [3.05, 3.63) is 0 Å². The zero-order valence-corrected chi connectivity index (χ0v) is 9.18. The minimum atomic E-state index is 0.143. The summed E-state index contributed by atoms with van der Waals surface area (Å²) in [6, 6.07) is 0. The van der Waals surface area contributed by atoms with Crippen molar-refractivity contribution in [2.24, 2.45) is 0 Å². The zero-order chi connectivity index (χ0) is 10.8. The fourth-order valence-electron chi connectivity index (χ4n) is 1.25. The third-order valence-electron chi connectivity index (χ3n) is 1.84. The van der Waals surface area contributed by atoms with Crippen molar-refractivity contribution in [1.82, 2.24) is 10.2 Å². The van der Waals surface area contributed by atoms with Crippen LogP contribution in [0.3, 0.4) is 0 Å².